The number of unbranched alkanes of at least 4 members (excludes halogenated alkanes) is 3. The van der Waals surface area contributed by atoms with Crippen molar-refractivity contribution >= 4 is 7.60 Å². The second kappa shape index (κ2) is 7.57. The highest BCUT2D eigenvalue weighted by Crippen LogP contribution is 2.25. The standard InChI is InChI=1S/C13H21O4P/c1-17-13-9-7-12(8-10-13)6-4-2-3-5-11-18(14,15)16/h7-10H,2-6,11H2,1H3,(H2,14,15,16)/p-2. The van der Waals surface area contributed by atoms with Crippen molar-refractivity contribution in [2.45, 2.75) is 32.1 Å². The molecule has 0 unspecified atom stereocenters. The van der Waals surface area contributed by atoms with E-state index in [1.165, 1.54) is 5.56 Å². The fraction of sp³-hybridized carbons (Fsp3) is 0.538. The normalized spacial score (nSPS) is 11.5. The van der Waals surface area contributed by atoms with Gasteiger partial charge in [-0.1, -0.05) is 32.6 Å². The number of aryl methyl sites for hydroxylation is 1. The Balaban J connectivity index is 2.12. The van der Waals surface area contributed by atoms with Gasteiger partial charge >= 0.3 is 0 Å². The van der Waals surface area contributed by atoms with Crippen molar-refractivity contribution in [3.8, 4) is 5.75 Å². The van der Waals surface area contributed by atoms with Crippen LogP contribution in [0.1, 0.15) is 31.2 Å². The maximum absolute atomic E-state index is 10.4. The van der Waals surface area contributed by atoms with Gasteiger partial charge in [-0.25, -0.2) is 0 Å². The predicted molar refractivity (Wildman–Crippen MR) is 67.6 cm³/mol. The van der Waals surface area contributed by atoms with E-state index in [0.717, 1.165) is 31.4 Å². The van der Waals surface area contributed by atoms with E-state index < -0.39 is 7.60 Å². The van der Waals surface area contributed by atoms with Gasteiger partial charge in [0, 0.05) is 0 Å². The molecule has 1 rings (SSSR count). The van der Waals surface area contributed by atoms with Crippen LogP contribution in [0.2, 0.25) is 0 Å². The van der Waals surface area contributed by atoms with Gasteiger partial charge in [0.1, 0.15) is 5.75 Å². The Morgan fingerprint density at radius 1 is 1.06 bits per heavy atom. The molecule has 0 saturated heterocycles. The lowest BCUT2D eigenvalue weighted by Gasteiger charge is -2.29. The zero-order valence-corrected chi connectivity index (χ0v) is 11.5. The number of hydrogen-bond donors (Lipinski definition) is 0. The Kier molecular flexibility index (Phi) is 6.41. The summed E-state index contributed by atoms with van der Waals surface area (Å²) in [7, 11) is -2.66. The zero-order valence-electron chi connectivity index (χ0n) is 10.6. The molecule has 0 aliphatic rings. The first-order chi connectivity index (χ1) is 8.51. The molecule has 0 saturated carbocycles. The van der Waals surface area contributed by atoms with Crippen molar-refractivity contribution in [2.75, 3.05) is 13.3 Å². The van der Waals surface area contributed by atoms with E-state index in [9.17, 15) is 14.4 Å². The summed E-state index contributed by atoms with van der Waals surface area (Å²) in [6, 6.07) is 7.92. The SMILES string of the molecule is COc1ccc(CCCCCCP(=O)([O-])[O-])cc1. The molecule has 0 heterocycles. The highest BCUT2D eigenvalue weighted by molar-refractivity contribution is 7.48. The monoisotopic (exact) mass is 270 g/mol. The van der Waals surface area contributed by atoms with Gasteiger partial charge in [0.25, 0.3) is 0 Å². The molecule has 0 atom stereocenters. The summed E-state index contributed by atoms with van der Waals surface area (Å²) in [5, 5.41) is 0. The Morgan fingerprint density at radius 2 is 1.67 bits per heavy atom. The Morgan fingerprint density at radius 3 is 2.22 bits per heavy atom. The Hall–Kier alpha value is -0.830. The zero-order chi connectivity index (χ0) is 13.4. The van der Waals surface area contributed by atoms with E-state index in [-0.39, 0.29) is 6.16 Å². The summed E-state index contributed by atoms with van der Waals surface area (Å²) in [4.78, 5) is 20.8. The van der Waals surface area contributed by atoms with Gasteiger partial charge in [-0.05, 0) is 43.1 Å². The van der Waals surface area contributed by atoms with E-state index in [4.69, 9.17) is 4.74 Å². The van der Waals surface area contributed by atoms with Crippen molar-refractivity contribution in [3.05, 3.63) is 29.8 Å². The fourth-order valence-corrected chi connectivity index (χ4v) is 2.39. The maximum Gasteiger partial charge on any atom is 0.118 e. The van der Waals surface area contributed by atoms with Crippen molar-refractivity contribution in [2.24, 2.45) is 0 Å². The number of rotatable bonds is 8. The molecular formula is C13H19O4P-2. The topological polar surface area (TPSA) is 72.4 Å². The summed E-state index contributed by atoms with van der Waals surface area (Å²) < 4.78 is 15.5. The number of benzene rings is 1. The average molecular weight is 270 g/mol. The van der Waals surface area contributed by atoms with Crippen LogP contribution in [0.3, 0.4) is 0 Å². The summed E-state index contributed by atoms with van der Waals surface area (Å²) >= 11 is 0. The lowest BCUT2D eigenvalue weighted by atomic mass is 10.1. The second-order valence-electron chi connectivity index (χ2n) is 4.35. The van der Waals surface area contributed by atoms with E-state index in [2.05, 4.69) is 0 Å². The van der Waals surface area contributed by atoms with Crippen LogP contribution in [0, 0.1) is 0 Å². The van der Waals surface area contributed by atoms with Crippen LogP contribution in [-0.2, 0) is 11.0 Å². The number of methoxy groups -OCH3 is 1. The van der Waals surface area contributed by atoms with Crippen LogP contribution in [0.15, 0.2) is 24.3 Å². The number of hydrogen-bond acceptors (Lipinski definition) is 4. The predicted octanol–water partition coefficient (Wildman–Crippen LogP) is 1.71. The Bertz CT molecular complexity index is 382. The van der Waals surface area contributed by atoms with Crippen molar-refractivity contribution in [1.82, 2.24) is 0 Å². The lowest BCUT2D eigenvalue weighted by Crippen LogP contribution is -2.16. The van der Waals surface area contributed by atoms with Crippen LogP contribution in [-0.4, -0.2) is 13.3 Å². The largest absolute Gasteiger partial charge is 0.811 e. The third kappa shape index (κ3) is 6.80. The van der Waals surface area contributed by atoms with E-state index in [1.54, 1.807) is 7.11 Å². The smallest absolute Gasteiger partial charge is 0.118 e. The minimum Gasteiger partial charge on any atom is -0.811 e. The van der Waals surface area contributed by atoms with Gasteiger partial charge in [0.2, 0.25) is 0 Å². The molecule has 1 aromatic carbocycles. The fourth-order valence-electron chi connectivity index (χ4n) is 1.78. The third-order valence-corrected chi connectivity index (χ3v) is 3.67. The molecule has 18 heavy (non-hydrogen) atoms. The van der Waals surface area contributed by atoms with Crippen molar-refractivity contribution in [1.29, 1.82) is 0 Å². The molecule has 0 radical (unpaired) electrons. The molecule has 4 nitrogen and oxygen atoms in total. The minimum absolute atomic E-state index is 0.213. The summed E-state index contributed by atoms with van der Waals surface area (Å²) in [6.45, 7) is 0. The van der Waals surface area contributed by atoms with E-state index >= 15 is 0 Å². The van der Waals surface area contributed by atoms with E-state index in [0.29, 0.717) is 6.42 Å². The molecule has 0 bridgehead atoms. The molecule has 0 aromatic heterocycles. The quantitative estimate of drug-likeness (QED) is 0.532. The van der Waals surface area contributed by atoms with Crippen molar-refractivity contribution in [3.63, 3.8) is 0 Å². The van der Waals surface area contributed by atoms with Gasteiger partial charge < -0.3 is 19.1 Å². The van der Waals surface area contributed by atoms with Gasteiger partial charge in [0.15, 0.2) is 0 Å². The van der Waals surface area contributed by atoms with E-state index in [1.807, 2.05) is 24.3 Å². The molecule has 0 spiro atoms. The summed E-state index contributed by atoms with van der Waals surface area (Å²) in [5.74, 6) is 0.848. The van der Waals surface area contributed by atoms with Crippen molar-refractivity contribution < 1.29 is 19.1 Å². The van der Waals surface area contributed by atoms with Crippen LogP contribution in [0.25, 0.3) is 0 Å². The first kappa shape index (κ1) is 15.2. The first-order valence-corrected chi connectivity index (χ1v) is 7.88. The van der Waals surface area contributed by atoms with Crippen LogP contribution < -0.4 is 14.5 Å². The lowest BCUT2D eigenvalue weighted by molar-refractivity contribution is -0.313. The molecular weight excluding hydrogens is 251 g/mol. The molecule has 0 N–H and O–H groups in total. The Labute approximate surface area is 108 Å². The summed E-state index contributed by atoms with van der Waals surface area (Å²) in [6.07, 6.45) is 3.99. The third-order valence-electron chi connectivity index (χ3n) is 2.81. The maximum atomic E-state index is 10.4. The molecule has 0 fully saturated rings. The summed E-state index contributed by atoms with van der Waals surface area (Å²) in [5.41, 5.74) is 1.24. The highest BCUT2D eigenvalue weighted by Gasteiger charge is 1.96. The van der Waals surface area contributed by atoms with Gasteiger partial charge in [-0.3, -0.25) is 0 Å². The van der Waals surface area contributed by atoms with Gasteiger partial charge in [-0.15, -0.1) is 0 Å². The van der Waals surface area contributed by atoms with Crippen LogP contribution in [0.5, 0.6) is 5.75 Å². The number of ether oxygens (including phenoxy) is 1. The highest BCUT2D eigenvalue weighted by atomic mass is 31.2. The molecule has 1 aromatic rings. The molecule has 102 valence electrons. The minimum atomic E-state index is -4.30. The second-order valence-corrected chi connectivity index (χ2v) is 6.02. The van der Waals surface area contributed by atoms with Crippen LogP contribution >= 0.6 is 7.60 Å². The molecule has 0 aliphatic heterocycles. The van der Waals surface area contributed by atoms with Gasteiger partial charge in [0.05, 0.1) is 7.11 Å². The molecule has 0 aliphatic carbocycles. The molecule has 0 amide bonds. The van der Waals surface area contributed by atoms with Crippen LogP contribution in [0.4, 0.5) is 0 Å². The first-order valence-electron chi connectivity index (χ1n) is 6.15. The van der Waals surface area contributed by atoms with Gasteiger partial charge in [-0.2, -0.15) is 0 Å². The average Bonchev–Trinajstić information content (AvgIpc) is 2.33. The molecule has 5 heteroatoms.